The number of nitrogens with zero attached hydrogens (tertiary/aromatic N) is 1. The monoisotopic (exact) mass is 408 g/mol. The van der Waals surface area contributed by atoms with E-state index in [9.17, 15) is 9.59 Å². The summed E-state index contributed by atoms with van der Waals surface area (Å²) in [5.74, 6) is 0.970. The van der Waals surface area contributed by atoms with Gasteiger partial charge >= 0.3 is 0 Å². The molecule has 1 N–H and O–H groups in total. The highest BCUT2D eigenvalue weighted by Crippen LogP contribution is 2.38. The fraction of sp³-hybridized carbons (Fsp3) is 0.600. The highest BCUT2D eigenvalue weighted by Gasteiger charge is 2.31. The van der Waals surface area contributed by atoms with E-state index in [1.165, 1.54) is 21.3 Å². The fourth-order valence-corrected chi connectivity index (χ4v) is 3.65. The fourth-order valence-electron chi connectivity index (χ4n) is 3.65. The average Bonchev–Trinajstić information content (AvgIpc) is 3.31. The number of hydrogen-bond acceptors (Lipinski definition) is 7. The molecule has 3 rings (SSSR count). The Morgan fingerprint density at radius 1 is 1.03 bits per heavy atom. The lowest BCUT2D eigenvalue weighted by Crippen LogP contribution is -2.45. The van der Waals surface area contributed by atoms with E-state index in [1.807, 2.05) is 0 Å². The van der Waals surface area contributed by atoms with Crippen LogP contribution in [0.25, 0.3) is 0 Å². The number of ether oxygens (including phenoxy) is 5. The van der Waals surface area contributed by atoms with Gasteiger partial charge in [0, 0.05) is 24.6 Å². The van der Waals surface area contributed by atoms with Crippen LogP contribution in [-0.4, -0.2) is 77.2 Å². The summed E-state index contributed by atoms with van der Waals surface area (Å²) in [6.45, 7) is 2.46. The van der Waals surface area contributed by atoms with Crippen molar-refractivity contribution in [1.29, 1.82) is 0 Å². The van der Waals surface area contributed by atoms with Crippen LogP contribution in [0.5, 0.6) is 17.2 Å². The number of benzene rings is 1. The summed E-state index contributed by atoms with van der Waals surface area (Å²) in [7, 11) is 4.45. The third kappa shape index (κ3) is 4.91. The Bertz CT molecular complexity index is 701. The first-order valence-electron chi connectivity index (χ1n) is 9.66. The summed E-state index contributed by atoms with van der Waals surface area (Å²) < 4.78 is 26.9. The molecule has 0 bridgehead atoms. The van der Waals surface area contributed by atoms with Crippen molar-refractivity contribution in [3.8, 4) is 17.2 Å². The van der Waals surface area contributed by atoms with Crippen molar-refractivity contribution in [2.75, 3.05) is 54.2 Å². The summed E-state index contributed by atoms with van der Waals surface area (Å²) in [4.78, 5) is 26.8. The highest BCUT2D eigenvalue weighted by atomic mass is 16.7. The second-order valence-electron chi connectivity index (χ2n) is 6.92. The number of piperidine rings is 1. The maximum absolute atomic E-state index is 12.5. The second-order valence-corrected chi connectivity index (χ2v) is 6.92. The number of amides is 2. The minimum absolute atomic E-state index is 0.0728. The van der Waals surface area contributed by atoms with Crippen molar-refractivity contribution in [2.45, 2.75) is 19.1 Å². The van der Waals surface area contributed by atoms with Crippen molar-refractivity contribution in [2.24, 2.45) is 5.92 Å². The van der Waals surface area contributed by atoms with Gasteiger partial charge in [0.2, 0.25) is 11.7 Å². The van der Waals surface area contributed by atoms with Crippen molar-refractivity contribution < 1.29 is 33.3 Å². The molecule has 1 aromatic rings. The number of carbonyl (C=O) groups excluding carboxylic acids is 2. The molecule has 0 saturated carbocycles. The zero-order valence-corrected chi connectivity index (χ0v) is 17.1. The van der Waals surface area contributed by atoms with Crippen LogP contribution in [0.2, 0.25) is 0 Å². The lowest BCUT2D eigenvalue weighted by molar-refractivity contribution is -0.135. The van der Waals surface area contributed by atoms with Gasteiger partial charge in [-0.25, -0.2) is 0 Å². The molecule has 2 aliphatic rings. The lowest BCUT2D eigenvalue weighted by Gasteiger charge is -2.33. The van der Waals surface area contributed by atoms with Crippen LogP contribution in [0, 0.1) is 5.92 Å². The molecule has 160 valence electrons. The molecule has 0 atom stereocenters. The van der Waals surface area contributed by atoms with Gasteiger partial charge in [0.15, 0.2) is 17.8 Å². The van der Waals surface area contributed by atoms with Gasteiger partial charge in [-0.3, -0.25) is 9.59 Å². The zero-order valence-electron chi connectivity index (χ0n) is 17.1. The van der Waals surface area contributed by atoms with E-state index < -0.39 is 0 Å². The quantitative estimate of drug-likeness (QED) is 0.721. The average molecular weight is 408 g/mol. The third-order valence-corrected chi connectivity index (χ3v) is 5.25. The maximum Gasteiger partial charge on any atom is 0.251 e. The first kappa shape index (κ1) is 21.2. The van der Waals surface area contributed by atoms with Gasteiger partial charge in [-0.15, -0.1) is 0 Å². The number of nitrogens with one attached hydrogen (secondary N) is 1. The first-order valence-corrected chi connectivity index (χ1v) is 9.66. The molecule has 9 heteroatoms. The highest BCUT2D eigenvalue weighted by molar-refractivity contribution is 5.97. The minimum Gasteiger partial charge on any atom is -0.493 e. The molecule has 2 saturated heterocycles. The summed E-state index contributed by atoms with van der Waals surface area (Å²) in [5, 5.41) is 2.67. The topological polar surface area (TPSA) is 95.6 Å². The molecule has 2 aliphatic heterocycles. The van der Waals surface area contributed by atoms with Gasteiger partial charge in [-0.05, 0) is 25.0 Å². The molecule has 9 nitrogen and oxygen atoms in total. The van der Waals surface area contributed by atoms with E-state index in [0.717, 1.165) is 12.8 Å². The van der Waals surface area contributed by atoms with Crippen LogP contribution in [-0.2, 0) is 14.3 Å². The second kappa shape index (κ2) is 9.80. The van der Waals surface area contributed by atoms with Crippen molar-refractivity contribution >= 4 is 11.8 Å². The Morgan fingerprint density at radius 3 is 2.14 bits per heavy atom. The molecular formula is C20H28N2O7. The SMILES string of the molecule is COc1cc(C(=O)NCC(=O)N2CCC(C3OCCO3)CC2)cc(OC)c1OC. The zero-order chi connectivity index (χ0) is 20.8. The van der Waals surface area contributed by atoms with Crippen LogP contribution in [0.4, 0.5) is 0 Å². The van der Waals surface area contributed by atoms with Gasteiger partial charge in [-0.1, -0.05) is 0 Å². The minimum atomic E-state index is -0.389. The number of likely N-dealkylation sites (tertiary alicyclic amines) is 1. The molecular weight excluding hydrogens is 380 g/mol. The molecule has 2 heterocycles. The van der Waals surface area contributed by atoms with Crippen LogP contribution >= 0.6 is 0 Å². The van der Waals surface area contributed by atoms with Crippen LogP contribution in [0.1, 0.15) is 23.2 Å². The van der Waals surface area contributed by atoms with Gasteiger partial charge in [0.1, 0.15) is 0 Å². The molecule has 1 aromatic carbocycles. The summed E-state index contributed by atoms with van der Waals surface area (Å²) in [6.07, 6.45) is 1.51. The molecule has 0 unspecified atom stereocenters. The van der Waals surface area contributed by atoms with E-state index >= 15 is 0 Å². The number of hydrogen-bond donors (Lipinski definition) is 1. The summed E-state index contributed by atoms with van der Waals surface area (Å²) in [6, 6.07) is 3.10. The van der Waals surface area contributed by atoms with Gasteiger partial charge < -0.3 is 33.9 Å². The Labute approximate surface area is 170 Å². The Hall–Kier alpha value is -2.52. The standard InChI is InChI=1S/C20H28N2O7/c1-25-15-10-14(11-16(26-2)18(15)27-3)19(24)21-12-17(23)22-6-4-13(5-7-22)20-28-8-9-29-20/h10-11,13,20H,4-9,12H2,1-3H3,(H,21,24). The van der Waals surface area contributed by atoms with Crippen LogP contribution in [0.3, 0.4) is 0 Å². The molecule has 0 aromatic heterocycles. The van der Waals surface area contributed by atoms with Crippen molar-refractivity contribution in [1.82, 2.24) is 10.2 Å². The van der Waals surface area contributed by atoms with Crippen molar-refractivity contribution in [3.05, 3.63) is 17.7 Å². The smallest absolute Gasteiger partial charge is 0.251 e. The maximum atomic E-state index is 12.5. The summed E-state index contributed by atoms with van der Waals surface area (Å²) >= 11 is 0. The normalized spacial score (nSPS) is 17.8. The number of rotatable bonds is 7. The number of methoxy groups -OCH3 is 3. The van der Waals surface area contributed by atoms with Gasteiger partial charge in [0.05, 0.1) is 41.1 Å². The third-order valence-electron chi connectivity index (χ3n) is 5.25. The molecule has 2 fully saturated rings. The molecule has 2 amide bonds. The largest absolute Gasteiger partial charge is 0.493 e. The number of carbonyl (C=O) groups is 2. The van der Waals surface area contributed by atoms with Gasteiger partial charge in [-0.2, -0.15) is 0 Å². The van der Waals surface area contributed by atoms with E-state index in [-0.39, 0.29) is 24.6 Å². The van der Waals surface area contributed by atoms with Crippen LogP contribution in [0.15, 0.2) is 12.1 Å². The van der Waals surface area contributed by atoms with E-state index in [1.54, 1.807) is 17.0 Å². The Balaban J connectivity index is 1.53. The molecule has 29 heavy (non-hydrogen) atoms. The predicted octanol–water partition coefficient (Wildman–Crippen LogP) is 1.05. The Kier molecular flexibility index (Phi) is 7.16. The van der Waals surface area contributed by atoms with E-state index in [4.69, 9.17) is 23.7 Å². The molecule has 0 radical (unpaired) electrons. The van der Waals surface area contributed by atoms with Crippen LogP contribution < -0.4 is 19.5 Å². The predicted molar refractivity (Wildman–Crippen MR) is 103 cm³/mol. The Morgan fingerprint density at radius 2 is 1.62 bits per heavy atom. The van der Waals surface area contributed by atoms with Gasteiger partial charge in [0.25, 0.3) is 5.91 Å². The summed E-state index contributed by atoms with van der Waals surface area (Å²) in [5.41, 5.74) is 0.321. The van der Waals surface area contributed by atoms with E-state index in [0.29, 0.717) is 55.0 Å². The van der Waals surface area contributed by atoms with E-state index in [2.05, 4.69) is 5.32 Å². The lowest BCUT2D eigenvalue weighted by atomic mass is 9.96. The molecule has 0 spiro atoms. The van der Waals surface area contributed by atoms with Crippen molar-refractivity contribution in [3.63, 3.8) is 0 Å². The molecule has 0 aliphatic carbocycles. The first-order chi connectivity index (χ1) is 14.1.